The van der Waals surface area contributed by atoms with Gasteiger partial charge < -0.3 is 4.90 Å². The molecule has 4 heteroatoms. The second-order valence-electron chi connectivity index (χ2n) is 5.77. The number of aryl methyl sites for hydroxylation is 2. The summed E-state index contributed by atoms with van der Waals surface area (Å²) in [5.41, 5.74) is 3.08. The van der Waals surface area contributed by atoms with Crippen molar-refractivity contribution in [2.45, 2.75) is 32.7 Å². The molecule has 2 atom stereocenters. The zero-order valence-electron chi connectivity index (χ0n) is 11.7. The number of aromatic nitrogens is 1. The van der Waals surface area contributed by atoms with Crippen LogP contribution in [0.25, 0.3) is 0 Å². The number of carbonyl (C=O) groups excluding carboxylic acids is 1. The number of piperazine rings is 1. The van der Waals surface area contributed by atoms with Gasteiger partial charge >= 0.3 is 0 Å². The Morgan fingerprint density at radius 1 is 1.26 bits per heavy atom. The van der Waals surface area contributed by atoms with Gasteiger partial charge in [-0.2, -0.15) is 0 Å². The third kappa shape index (κ3) is 2.63. The lowest BCUT2D eigenvalue weighted by Crippen LogP contribution is -2.50. The van der Waals surface area contributed by atoms with Crippen molar-refractivity contribution in [1.29, 1.82) is 0 Å². The lowest BCUT2D eigenvalue weighted by atomic mass is 10.1. The fourth-order valence-corrected chi connectivity index (χ4v) is 3.33. The zero-order chi connectivity index (χ0) is 13.4. The SMILES string of the molecule is Cc1cc(CC(=O)N2CCN3CCC2C3)cc(C)n1. The quantitative estimate of drug-likeness (QED) is 0.799. The highest BCUT2D eigenvalue weighted by Gasteiger charge is 2.34. The molecule has 4 nitrogen and oxygen atoms in total. The molecule has 102 valence electrons. The molecule has 1 aromatic heterocycles. The van der Waals surface area contributed by atoms with E-state index >= 15 is 0 Å². The molecule has 2 aliphatic rings. The maximum absolute atomic E-state index is 12.5. The van der Waals surface area contributed by atoms with Crippen molar-refractivity contribution in [3.63, 3.8) is 0 Å². The zero-order valence-corrected chi connectivity index (χ0v) is 11.7. The summed E-state index contributed by atoms with van der Waals surface area (Å²) in [6.45, 7) is 8.12. The Labute approximate surface area is 114 Å². The van der Waals surface area contributed by atoms with E-state index < -0.39 is 0 Å². The molecule has 2 fully saturated rings. The summed E-state index contributed by atoms with van der Waals surface area (Å²) in [5, 5.41) is 0. The molecule has 2 saturated heterocycles. The number of hydrogen-bond acceptors (Lipinski definition) is 3. The smallest absolute Gasteiger partial charge is 0.227 e. The Balaban J connectivity index is 1.70. The fraction of sp³-hybridized carbons (Fsp3) is 0.600. The maximum Gasteiger partial charge on any atom is 0.227 e. The van der Waals surface area contributed by atoms with Crippen LogP contribution in [0, 0.1) is 13.8 Å². The first-order chi connectivity index (χ1) is 9.11. The molecule has 0 spiro atoms. The van der Waals surface area contributed by atoms with E-state index in [9.17, 15) is 4.79 Å². The summed E-state index contributed by atoms with van der Waals surface area (Å²) >= 11 is 0. The van der Waals surface area contributed by atoms with Gasteiger partial charge in [0, 0.05) is 43.6 Å². The number of pyridine rings is 1. The minimum atomic E-state index is 0.275. The molecule has 1 amide bonds. The molecular weight excluding hydrogens is 238 g/mol. The Hall–Kier alpha value is -1.42. The van der Waals surface area contributed by atoms with Crippen LogP contribution in [0.1, 0.15) is 23.4 Å². The van der Waals surface area contributed by atoms with Crippen molar-refractivity contribution >= 4 is 5.91 Å². The van der Waals surface area contributed by atoms with Crippen LogP contribution in [0.2, 0.25) is 0 Å². The van der Waals surface area contributed by atoms with Gasteiger partial charge in [0.1, 0.15) is 0 Å². The highest BCUT2D eigenvalue weighted by molar-refractivity contribution is 5.79. The number of rotatable bonds is 2. The highest BCUT2D eigenvalue weighted by atomic mass is 16.2. The fourth-order valence-electron chi connectivity index (χ4n) is 3.33. The van der Waals surface area contributed by atoms with E-state index in [1.165, 1.54) is 0 Å². The molecule has 0 N–H and O–H groups in total. The minimum Gasteiger partial charge on any atom is -0.337 e. The first-order valence-corrected chi connectivity index (χ1v) is 7.08. The Kier molecular flexibility index (Phi) is 3.27. The largest absolute Gasteiger partial charge is 0.337 e. The molecule has 0 aliphatic carbocycles. The second kappa shape index (κ2) is 4.93. The number of amides is 1. The number of fused-ring (bicyclic) bond motifs is 2. The first kappa shape index (κ1) is 12.6. The summed E-state index contributed by atoms with van der Waals surface area (Å²) in [6, 6.07) is 4.50. The van der Waals surface area contributed by atoms with Crippen molar-refractivity contribution in [2.75, 3.05) is 26.2 Å². The van der Waals surface area contributed by atoms with Gasteiger partial charge in [0.05, 0.1) is 6.42 Å². The molecule has 3 heterocycles. The summed E-state index contributed by atoms with van der Waals surface area (Å²) in [7, 11) is 0. The lowest BCUT2D eigenvalue weighted by Gasteiger charge is -2.34. The highest BCUT2D eigenvalue weighted by Crippen LogP contribution is 2.21. The van der Waals surface area contributed by atoms with Crippen molar-refractivity contribution < 1.29 is 4.79 Å². The molecular formula is C15H21N3O. The van der Waals surface area contributed by atoms with Crippen LogP contribution < -0.4 is 0 Å². The molecule has 1 aromatic rings. The maximum atomic E-state index is 12.5. The Bertz CT molecular complexity index is 480. The van der Waals surface area contributed by atoms with Gasteiger partial charge in [-0.05, 0) is 38.0 Å². The van der Waals surface area contributed by atoms with Gasteiger partial charge in [-0.25, -0.2) is 0 Å². The normalized spacial score (nSPS) is 25.7. The Morgan fingerprint density at radius 3 is 2.74 bits per heavy atom. The average Bonchev–Trinajstić information content (AvgIpc) is 2.69. The van der Waals surface area contributed by atoms with Crippen LogP contribution >= 0.6 is 0 Å². The molecule has 0 aromatic carbocycles. The predicted octanol–water partition coefficient (Wildman–Crippen LogP) is 1.16. The first-order valence-electron chi connectivity index (χ1n) is 7.08. The number of carbonyl (C=O) groups is 1. The van der Waals surface area contributed by atoms with Gasteiger partial charge in [-0.15, -0.1) is 0 Å². The van der Waals surface area contributed by atoms with E-state index in [1.54, 1.807) is 0 Å². The summed E-state index contributed by atoms with van der Waals surface area (Å²) in [4.78, 5) is 21.4. The Morgan fingerprint density at radius 2 is 2.00 bits per heavy atom. The number of hydrogen-bond donors (Lipinski definition) is 0. The molecule has 2 unspecified atom stereocenters. The van der Waals surface area contributed by atoms with Gasteiger partial charge in [0.25, 0.3) is 0 Å². The lowest BCUT2D eigenvalue weighted by molar-refractivity contribution is -0.133. The van der Waals surface area contributed by atoms with Crippen LogP contribution in [0.5, 0.6) is 0 Å². The summed E-state index contributed by atoms with van der Waals surface area (Å²) in [6.07, 6.45) is 1.65. The van der Waals surface area contributed by atoms with Crippen molar-refractivity contribution in [3.8, 4) is 0 Å². The van der Waals surface area contributed by atoms with Gasteiger partial charge in [0.15, 0.2) is 0 Å². The van der Waals surface area contributed by atoms with Crippen molar-refractivity contribution in [1.82, 2.24) is 14.8 Å². The van der Waals surface area contributed by atoms with Crippen LogP contribution in [-0.2, 0) is 11.2 Å². The standard InChI is InChI=1S/C15H21N3O/c1-11-7-13(8-12(2)16-11)9-15(19)18-6-5-17-4-3-14(18)10-17/h7-8,14H,3-6,9-10H2,1-2H3. The van der Waals surface area contributed by atoms with Gasteiger partial charge in [0.2, 0.25) is 5.91 Å². The third-order valence-electron chi connectivity index (χ3n) is 4.16. The van der Waals surface area contributed by atoms with Crippen LogP contribution in [-0.4, -0.2) is 52.9 Å². The van der Waals surface area contributed by atoms with Crippen LogP contribution in [0.15, 0.2) is 12.1 Å². The van der Waals surface area contributed by atoms with E-state index in [2.05, 4.69) is 14.8 Å². The monoisotopic (exact) mass is 259 g/mol. The van der Waals surface area contributed by atoms with E-state index in [0.717, 1.165) is 49.6 Å². The van der Waals surface area contributed by atoms with Crippen LogP contribution in [0.4, 0.5) is 0 Å². The summed E-state index contributed by atoms with van der Waals surface area (Å²) in [5.74, 6) is 0.275. The molecule has 2 aliphatic heterocycles. The predicted molar refractivity (Wildman–Crippen MR) is 74.0 cm³/mol. The molecule has 0 radical (unpaired) electrons. The molecule has 3 rings (SSSR count). The van der Waals surface area contributed by atoms with E-state index in [0.29, 0.717) is 12.5 Å². The van der Waals surface area contributed by atoms with Gasteiger partial charge in [-0.1, -0.05) is 0 Å². The minimum absolute atomic E-state index is 0.275. The van der Waals surface area contributed by atoms with E-state index in [1.807, 2.05) is 26.0 Å². The van der Waals surface area contributed by atoms with Crippen LogP contribution in [0.3, 0.4) is 0 Å². The van der Waals surface area contributed by atoms with E-state index in [-0.39, 0.29) is 5.91 Å². The summed E-state index contributed by atoms with van der Waals surface area (Å²) < 4.78 is 0. The van der Waals surface area contributed by atoms with E-state index in [4.69, 9.17) is 0 Å². The van der Waals surface area contributed by atoms with Crippen molar-refractivity contribution in [2.24, 2.45) is 0 Å². The average molecular weight is 259 g/mol. The van der Waals surface area contributed by atoms with Gasteiger partial charge in [-0.3, -0.25) is 14.7 Å². The second-order valence-corrected chi connectivity index (χ2v) is 5.77. The molecule has 0 saturated carbocycles. The topological polar surface area (TPSA) is 36.4 Å². The number of nitrogens with zero attached hydrogens (tertiary/aromatic N) is 3. The van der Waals surface area contributed by atoms with Crippen molar-refractivity contribution in [3.05, 3.63) is 29.1 Å². The third-order valence-corrected chi connectivity index (χ3v) is 4.16. The molecule has 2 bridgehead atoms. The molecule has 19 heavy (non-hydrogen) atoms.